The first-order valence-electron chi connectivity index (χ1n) is 8.55. The Labute approximate surface area is 156 Å². The highest BCUT2D eigenvalue weighted by atomic mass is 127. The zero-order chi connectivity index (χ0) is 15.2. The topological polar surface area (TPSA) is 66.5 Å². The largest absolute Gasteiger partial charge is 0.370 e. The molecule has 0 spiro atoms. The predicted molar refractivity (Wildman–Crippen MR) is 106 cm³/mol. The van der Waals surface area contributed by atoms with Crippen molar-refractivity contribution in [3.8, 4) is 0 Å². The lowest BCUT2D eigenvalue weighted by atomic mass is 9.85. The first-order chi connectivity index (χ1) is 10.8. The SMILES string of the molecule is I.NC(=NCc1ccnc(N2CCCCC2)c1)NCC1CCC1. The Morgan fingerprint density at radius 2 is 2.04 bits per heavy atom. The minimum atomic E-state index is 0. The molecule has 2 fully saturated rings. The number of hydrogen-bond acceptors (Lipinski definition) is 3. The average molecular weight is 429 g/mol. The first-order valence-corrected chi connectivity index (χ1v) is 8.55. The molecule has 1 saturated heterocycles. The van der Waals surface area contributed by atoms with Gasteiger partial charge < -0.3 is 16.0 Å². The number of anilines is 1. The monoisotopic (exact) mass is 429 g/mol. The Hall–Kier alpha value is -1.05. The second-order valence-corrected chi connectivity index (χ2v) is 6.45. The highest BCUT2D eigenvalue weighted by molar-refractivity contribution is 14.0. The van der Waals surface area contributed by atoms with Crippen LogP contribution < -0.4 is 16.0 Å². The average Bonchev–Trinajstić information content (AvgIpc) is 2.53. The summed E-state index contributed by atoms with van der Waals surface area (Å²) in [5.41, 5.74) is 7.11. The standard InChI is InChI=1S/C17H27N5.HI/c18-17(20-12-14-5-4-6-14)21-13-15-7-8-19-16(11-15)22-9-2-1-3-10-22;/h7-8,11,14H,1-6,9-10,12-13H2,(H3,18,20,21);1H. The van der Waals surface area contributed by atoms with Gasteiger partial charge in [0.1, 0.15) is 5.82 Å². The molecule has 1 aromatic heterocycles. The predicted octanol–water partition coefficient (Wildman–Crippen LogP) is 2.89. The van der Waals surface area contributed by atoms with Crippen LogP contribution in [0.3, 0.4) is 0 Å². The summed E-state index contributed by atoms with van der Waals surface area (Å²) >= 11 is 0. The number of aromatic nitrogens is 1. The molecule has 0 amide bonds. The van der Waals surface area contributed by atoms with E-state index in [4.69, 9.17) is 5.73 Å². The van der Waals surface area contributed by atoms with Gasteiger partial charge in [-0.2, -0.15) is 0 Å². The lowest BCUT2D eigenvalue weighted by Crippen LogP contribution is -2.37. The summed E-state index contributed by atoms with van der Waals surface area (Å²) in [6.45, 7) is 3.81. The number of piperidine rings is 1. The molecule has 0 aromatic carbocycles. The number of nitrogens with two attached hydrogens (primary N) is 1. The molecular formula is C17H28IN5. The maximum Gasteiger partial charge on any atom is 0.188 e. The fourth-order valence-corrected chi connectivity index (χ4v) is 3.03. The molecule has 2 aliphatic rings. The number of hydrogen-bond donors (Lipinski definition) is 2. The lowest BCUT2D eigenvalue weighted by Gasteiger charge is -2.27. The molecule has 0 radical (unpaired) electrons. The molecule has 5 nitrogen and oxygen atoms in total. The van der Waals surface area contributed by atoms with Gasteiger partial charge in [-0.15, -0.1) is 24.0 Å². The van der Waals surface area contributed by atoms with Crippen LogP contribution in [0.15, 0.2) is 23.3 Å². The Morgan fingerprint density at radius 1 is 1.26 bits per heavy atom. The number of nitrogens with zero attached hydrogens (tertiary/aromatic N) is 3. The number of pyridine rings is 1. The van der Waals surface area contributed by atoms with E-state index in [1.807, 2.05) is 12.3 Å². The summed E-state index contributed by atoms with van der Waals surface area (Å²) in [5.74, 6) is 2.43. The van der Waals surface area contributed by atoms with Gasteiger partial charge in [-0.1, -0.05) is 6.42 Å². The smallest absolute Gasteiger partial charge is 0.188 e. The van der Waals surface area contributed by atoms with Gasteiger partial charge in [0.2, 0.25) is 0 Å². The third-order valence-electron chi connectivity index (χ3n) is 4.72. The molecule has 128 valence electrons. The third-order valence-corrected chi connectivity index (χ3v) is 4.72. The molecule has 0 unspecified atom stereocenters. The molecule has 1 aromatic rings. The van der Waals surface area contributed by atoms with Crippen LogP contribution in [0.4, 0.5) is 5.82 Å². The second kappa shape index (κ2) is 9.30. The summed E-state index contributed by atoms with van der Waals surface area (Å²) < 4.78 is 0. The van der Waals surface area contributed by atoms with Crippen LogP contribution in [-0.4, -0.2) is 30.6 Å². The van der Waals surface area contributed by atoms with Crippen LogP contribution >= 0.6 is 24.0 Å². The zero-order valence-electron chi connectivity index (χ0n) is 13.7. The highest BCUT2D eigenvalue weighted by Gasteiger charge is 2.16. The highest BCUT2D eigenvalue weighted by Crippen LogP contribution is 2.25. The summed E-state index contributed by atoms with van der Waals surface area (Å²) in [5, 5.41) is 3.23. The number of aliphatic imine (C=N–C) groups is 1. The Bertz CT molecular complexity index is 509. The van der Waals surface area contributed by atoms with Gasteiger partial charge in [0.15, 0.2) is 5.96 Å². The van der Waals surface area contributed by atoms with E-state index in [0.717, 1.165) is 31.4 Å². The van der Waals surface area contributed by atoms with Crippen LogP contribution in [0.5, 0.6) is 0 Å². The van der Waals surface area contributed by atoms with Crippen molar-refractivity contribution in [2.45, 2.75) is 45.1 Å². The Morgan fingerprint density at radius 3 is 2.74 bits per heavy atom. The second-order valence-electron chi connectivity index (χ2n) is 6.45. The van der Waals surface area contributed by atoms with E-state index < -0.39 is 0 Å². The van der Waals surface area contributed by atoms with Crippen molar-refractivity contribution < 1.29 is 0 Å². The fraction of sp³-hybridized carbons (Fsp3) is 0.647. The third kappa shape index (κ3) is 5.51. The van der Waals surface area contributed by atoms with Gasteiger partial charge >= 0.3 is 0 Å². The minimum Gasteiger partial charge on any atom is -0.370 e. The van der Waals surface area contributed by atoms with Crippen LogP contribution in [0.1, 0.15) is 44.1 Å². The van der Waals surface area contributed by atoms with Gasteiger partial charge in [0, 0.05) is 25.8 Å². The molecule has 0 bridgehead atoms. The van der Waals surface area contributed by atoms with E-state index in [2.05, 4.69) is 26.3 Å². The van der Waals surface area contributed by atoms with Crippen LogP contribution in [0, 0.1) is 5.92 Å². The molecule has 1 aliphatic carbocycles. The quantitative estimate of drug-likeness (QED) is 0.429. The van der Waals surface area contributed by atoms with E-state index in [-0.39, 0.29) is 24.0 Å². The van der Waals surface area contributed by atoms with Crippen molar-refractivity contribution in [1.29, 1.82) is 0 Å². The van der Waals surface area contributed by atoms with Gasteiger partial charge in [-0.3, -0.25) is 0 Å². The fourth-order valence-electron chi connectivity index (χ4n) is 3.03. The zero-order valence-corrected chi connectivity index (χ0v) is 16.0. The van der Waals surface area contributed by atoms with Crippen molar-refractivity contribution in [2.24, 2.45) is 16.6 Å². The van der Waals surface area contributed by atoms with Crippen molar-refractivity contribution >= 4 is 35.8 Å². The van der Waals surface area contributed by atoms with Gasteiger partial charge in [0.25, 0.3) is 0 Å². The van der Waals surface area contributed by atoms with Gasteiger partial charge in [0.05, 0.1) is 6.54 Å². The maximum absolute atomic E-state index is 5.94. The molecule has 3 rings (SSSR count). The molecule has 3 N–H and O–H groups in total. The van der Waals surface area contributed by atoms with Crippen LogP contribution in [-0.2, 0) is 6.54 Å². The summed E-state index contributed by atoms with van der Waals surface area (Å²) in [6, 6.07) is 4.17. The minimum absolute atomic E-state index is 0. The van der Waals surface area contributed by atoms with Crippen molar-refractivity contribution in [3.63, 3.8) is 0 Å². The normalized spacial score (nSPS) is 19.0. The number of guanidine groups is 1. The molecular weight excluding hydrogens is 401 g/mol. The van der Waals surface area contributed by atoms with Crippen molar-refractivity contribution in [3.05, 3.63) is 23.9 Å². The van der Waals surface area contributed by atoms with E-state index in [1.54, 1.807) is 0 Å². The van der Waals surface area contributed by atoms with Gasteiger partial charge in [-0.05, 0) is 55.7 Å². The molecule has 23 heavy (non-hydrogen) atoms. The molecule has 2 heterocycles. The number of halogens is 1. The lowest BCUT2D eigenvalue weighted by molar-refractivity contribution is 0.315. The molecule has 6 heteroatoms. The van der Waals surface area contributed by atoms with Crippen molar-refractivity contribution in [2.75, 3.05) is 24.5 Å². The van der Waals surface area contributed by atoms with Gasteiger partial charge in [-0.25, -0.2) is 9.98 Å². The van der Waals surface area contributed by atoms with Crippen molar-refractivity contribution in [1.82, 2.24) is 10.3 Å². The summed E-state index contributed by atoms with van der Waals surface area (Å²) in [6.07, 6.45) is 9.76. The first kappa shape index (κ1) is 18.3. The Balaban J connectivity index is 0.00000192. The Kier molecular flexibility index (Phi) is 7.39. The van der Waals surface area contributed by atoms with Crippen LogP contribution in [0.2, 0.25) is 0 Å². The number of rotatable bonds is 5. The maximum atomic E-state index is 5.94. The summed E-state index contributed by atoms with van der Waals surface area (Å²) in [7, 11) is 0. The van der Waals surface area contributed by atoms with E-state index in [9.17, 15) is 0 Å². The van der Waals surface area contributed by atoms with E-state index in [1.165, 1.54) is 44.1 Å². The molecule has 1 saturated carbocycles. The van der Waals surface area contributed by atoms with E-state index in [0.29, 0.717) is 12.5 Å². The number of nitrogens with one attached hydrogen (secondary N) is 1. The molecule has 0 atom stereocenters. The van der Waals surface area contributed by atoms with E-state index >= 15 is 0 Å². The van der Waals surface area contributed by atoms with Crippen LogP contribution in [0.25, 0.3) is 0 Å². The molecule has 1 aliphatic heterocycles. The summed E-state index contributed by atoms with van der Waals surface area (Å²) in [4.78, 5) is 11.3.